The second kappa shape index (κ2) is 12.1. The van der Waals surface area contributed by atoms with Crippen molar-refractivity contribution in [1.82, 2.24) is 0 Å². The van der Waals surface area contributed by atoms with E-state index in [4.69, 9.17) is 32.8 Å². The van der Waals surface area contributed by atoms with Crippen LogP contribution in [0.25, 0.3) is 0 Å². The van der Waals surface area contributed by atoms with E-state index in [0.29, 0.717) is 0 Å². The maximum Gasteiger partial charge on any atom is 0.303 e. The summed E-state index contributed by atoms with van der Waals surface area (Å²) < 4.78 is 38.2. The van der Waals surface area contributed by atoms with E-state index in [0.717, 1.165) is 13.8 Å². The first-order valence-corrected chi connectivity index (χ1v) is 13.3. The fourth-order valence-electron chi connectivity index (χ4n) is 2.83. The van der Waals surface area contributed by atoms with Gasteiger partial charge < -0.3 is 32.8 Å². The fourth-order valence-corrected chi connectivity index (χ4v) is 3.53. The molecule has 11 nitrogen and oxygen atoms in total. The van der Waals surface area contributed by atoms with Crippen molar-refractivity contribution < 1.29 is 52.0 Å². The van der Waals surface area contributed by atoms with Gasteiger partial charge in [0.25, 0.3) is 0 Å². The summed E-state index contributed by atoms with van der Waals surface area (Å²) in [7, 11) is -1.78. The highest BCUT2D eigenvalue weighted by atomic mass is 28.4. The molecule has 0 spiro atoms. The fraction of sp³-hybridized carbons (Fsp3) is 0.789. The zero-order valence-corrected chi connectivity index (χ0v) is 20.0. The van der Waals surface area contributed by atoms with Gasteiger partial charge in [0.2, 0.25) is 0 Å². The molecule has 1 heterocycles. The van der Waals surface area contributed by atoms with Crippen LogP contribution in [0.15, 0.2) is 0 Å². The molecule has 0 aromatic heterocycles. The molecule has 1 rings (SSSR count). The summed E-state index contributed by atoms with van der Waals surface area (Å²) in [4.78, 5) is 46.4. The number of carbonyl (C=O) groups is 4. The van der Waals surface area contributed by atoms with Crippen LogP contribution < -0.4 is 0 Å². The third kappa shape index (κ3) is 10.2. The molecule has 0 radical (unpaired) electrons. The van der Waals surface area contributed by atoms with E-state index >= 15 is 0 Å². The molecule has 0 amide bonds. The van der Waals surface area contributed by atoms with E-state index < -0.39 is 62.9 Å². The predicted octanol–water partition coefficient (Wildman–Crippen LogP) is 0.938. The van der Waals surface area contributed by atoms with Crippen LogP contribution in [0.5, 0.6) is 0 Å². The predicted molar refractivity (Wildman–Crippen MR) is 107 cm³/mol. The van der Waals surface area contributed by atoms with Crippen LogP contribution in [-0.2, 0) is 52.0 Å². The normalized spacial score (nSPS) is 26.0. The number of carbonyl (C=O) groups excluding carboxylic acids is 4. The first kappa shape index (κ1) is 27.0. The lowest BCUT2D eigenvalue weighted by Crippen LogP contribution is -2.63. The lowest BCUT2D eigenvalue weighted by atomic mass is 9.98. The van der Waals surface area contributed by atoms with E-state index in [-0.39, 0.29) is 19.8 Å². The quantitative estimate of drug-likeness (QED) is 0.198. The number of rotatable bonds is 10. The van der Waals surface area contributed by atoms with Crippen LogP contribution in [0.2, 0.25) is 19.6 Å². The summed E-state index contributed by atoms with van der Waals surface area (Å²) in [5, 5.41) is 0. The third-order valence-electron chi connectivity index (χ3n) is 3.85. The Bertz CT molecular complexity index is 645. The van der Waals surface area contributed by atoms with Gasteiger partial charge in [0.1, 0.15) is 12.7 Å². The monoisotopic (exact) mass is 464 g/mol. The molecule has 31 heavy (non-hydrogen) atoms. The summed E-state index contributed by atoms with van der Waals surface area (Å²) in [6.45, 7) is 10.8. The first-order valence-electron chi connectivity index (χ1n) is 9.86. The van der Waals surface area contributed by atoms with E-state index in [1.54, 1.807) is 0 Å². The molecular weight excluding hydrogens is 432 g/mol. The van der Waals surface area contributed by atoms with Gasteiger partial charge in [0.05, 0.1) is 13.2 Å². The average molecular weight is 465 g/mol. The molecule has 0 aromatic rings. The van der Waals surface area contributed by atoms with Gasteiger partial charge in [-0.3, -0.25) is 19.2 Å². The molecule has 0 N–H and O–H groups in total. The van der Waals surface area contributed by atoms with E-state index in [9.17, 15) is 19.2 Å². The van der Waals surface area contributed by atoms with Gasteiger partial charge in [-0.15, -0.1) is 0 Å². The third-order valence-corrected chi connectivity index (χ3v) is 4.92. The SMILES string of the molecule is CC(=O)OC[C@H]1O[C@@H](OCCO[Si](C)(C)C)[C@H](OC(C)=O)[C@@H](OC(C)=O)[C@@H]1OC(C)=O. The Morgan fingerprint density at radius 1 is 0.742 bits per heavy atom. The van der Waals surface area contributed by atoms with E-state index in [1.807, 2.05) is 19.6 Å². The Hall–Kier alpha value is -2.02. The summed E-state index contributed by atoms with van der Waals surface area (Å²) in [6.07, 6.45) is -5.91. The van der Waals surface area contributed by atoms with Crippen molar-refractivity contribution in [2.75, 3.05) is 19.8 Å². The van der Waals surface area contributed by atoms with Gasteiger partial charge in [-0.25, -0.2) is 0 Å². The Morgan fingerprint density at radius 2 is 1.26 bits per heavy atom. The molecule has 0 aliphatic carbocycles. The zero-order valence-electron chi connectivity index (χ0n) is 19.0. The van der Waals surface area contributed by atoms with Crippen molar-refractivity contribution in [3.05, 3.63) is 0 Å². The van der Waals surface area contributed by atoms with Gasteiger partial charge in [0.15, 0.2) is 32.9 Å². The molecule has 0 bridgehead atoms. The number of esters is 4. The standard InChI is InChI=1S/C19H32O11Si/c1-11(20)25-10-15-16(27-12(2)21)17(28-13(3)22)18(29-14(4)23)19(30-15)24-8-9-26-31(5,6)7/h15-19H,8-10H2,1-7H3/t15-,16-,17+,18-,19-/m1/s1. The Kier molecular flexibility index (Phi) is 10.6. The molecule has 12 heteroatoms. The summed E-state index contributed by atoms with van der Waals surface area (Å²) in [5.74, 6) is -2.66. The molecule has 0 unspecified atom stereocenters. The number of ether oxygens (including phenoxy) is 6. The highest BCUT2D eigenvalue weighted by molar-refractivity contribution is 6.69. The van der Waals surface area contributed by atoms with E-state index in [2.05, 4.69) is 0 Å². The molecule has 0 saturated carbocycles. The van der Waals surface area contributed by atoms with Gasteiger partial charge in [0, 0.05) is 27.7 Å². The van der Waals surface area contributed by atoms with Crippen LogP contribution in [0.1, 0.15) is 27.7 Å². The van der Waals surface area contributed by atoms with Crippen LogP contribution in [0, 0.1) is 0 Å². The van der Waals surface area contributed by atoms with Crippen LogP contribution in [-0.4, -0.2) is 82.7 Å². The lowest BCUT2D eigenvalue weighted by molar-refractivity contribution is -0.308. The maximum absolute atomic E-state index is 11.7. The molecule has 1 aliphatic rings. The largest absolute Gasteiger partial charge is 0.463 e. The van der Waals surface area contributed by atoms with Gasteiger partial charge in [-0.1, -0.05) is 0 Å². The van der Waals surface area contributed by atoms with Crippen molar-refractivity contribution in [3.63, 3.8) is 0 Å². The smallest absolute Gasteiger partial charge is 0.303 e. The van der Waals surface area contributed by atoms with Crippen molar-refractivity contribution >= 4 is 32.2 Å². The molecule has 5 atom stereocenters. The Morgan fingerprint density at radius 3 is 1.74 bits per heavy atom. The summed E-state index contributed by atoms with van der Waals surface area (Å²) >= 11 is 0. The first-order chi connectivity index (χ1) is 14.3. The van der Waals surface area contributed by atoms with Crippen molar-refractivity contribution in [2.24, 2.45) is 0 Å². The van der Waals surface area contributed by atoms with Gasteiger partial charge in [-0.05, 0) is 19.6 Å². The molecule has 1 aliphatic heterocycles. The van der Waals surface area contributed by atoms with Gasteiger partial charge in [-0.2, -0.15) is 0 Å². The van der Waals surface area contributed by atoms with Crippen LogP contribution in [0.3, 0.4) is 0 Å². The maximum atomic E-state index is 11.7. The minimum atomic E-state index is -1.78. The lowest BCUT2D eigenvalue weighted by Gasteiger charge is -2.44. The van der Waals surface area contributed by atoms with Crippen LogP contribution >= 0.6 is 0 Å². The zero-order chi connectivity index (χ0) is 23.8. The average Bonchev–Trinajstić information content (AvgIpc) is 2.59. The Balaban J connectivity index is 3.15. The summed E-state index contributed by atoms with van der Waals surface area (Å²) in [5.41, 5.74) is 0. The second-order valence-electron chi connectivity index (χ2n) is 7.90. The minimum absolute atomic E-state index is 0.0952. The second-order valence-corrected chi connectivity index (χ2v) is 12.4. The molecule has 1 saturated heterocycles. The number of hydrogen-bond acceptors (Lipinski definition) is 11. The van der Waals surface area contributed by atoms with Gasteiger partial charge >= 0.3 is 23.9 Å². The number of hydrogen-bond donors (Lipinski definition) is 0. The molecule has 0 aromatic carbocycles. The van der Waals surface area contributed by atoms with Crippen LogP contribution in [0.4, 0.5) is 0 Å². The molecule has 1 fully saturated rings. The van der Waals surface area contributed by atoms with Crippen molar-refractivity contribution in [2.45, 2.75) is 78.0 Å². The highest BCUT2D eigenvalue weighted by Crippen LogP contribution is 2.30. The minimum Gasteiger partial charge on any atom is -0.463 e. The van der Waals surface area contributed by atoms with Crippen molar-refractivity contribution in [1.29, 1.82) is 0 Å². The molecular formula is C19H32O11Si. The molecule has 178 valence electrons. The highest BCUT2D eigenvalue weighted by Gasteiger charge is 2.52. The topological polar surface area (TPSA) is 133 Å². The van der Waals surface area contributed by atoms with E-state index in [1.165, 1.54) is 13.8 Å². The van der Waals surface area contributed by atoms with Crippen molar-refractivity contribution in [3.8, 4) is 0 Å². The Labute approximate surface area is 182 Å². The summed E-state index contributed by atoms with van der Waals surface area (Å²) in [6, 6.07) is 0.